The molecule has 20 heavy (non-hydrogen) atoms. The molecular weight excluding hydrogens is 270 g/mol. The molecular formula is C16H26ClN3. The molecule has 1 aromatic rings. The third-order valence-electron chi connectivity index (χ3n) is 4.71. The number of pyridine rings is 1. The first-order valence-corrected chi connectivity index (χ1v) is 8.13. The van der Waals surface area contributed by atoms with Gasteiger partial charge in [0.1, 0.15) is 5.82 Å². The van der Waals surface area contributed by atoms with Crippen molar-refractivity contribution in [1.29, 1.82) is 0 Å². The summed E-state index contributed by atoms with van der Waals surface area (Å²) in [5, 5.41) is 4.05. The van der Waals surface area contributed by atoms with Crippen molar-refractivity contribution in [2.45, 2.75) is 46.6 Å². The van der Waals surface area contributed by atoms with Gasteiger partial charge in [-0.25, -0.2) is 4.98 Å². The fourth-order valence-electron chi connectivity index (χ4n) is 2.97. The second-order valence-corrected chi connectivity index (χ2v) is 6.16. The van der Waals surface area contributed by atoms with Crippen LogP contribution >= 0.6 is 11.6 Å². The van der Waals surface area contributed by atoms with Gasteiger partial charge in [-0.05, 0) is 43.4 Å². The van der Waals surface area contributed by atoms with Crippen LogP contribution in [-0.2, 0) is 6.54 Å². The smallest absolute Gasteiger partial charge is 0.128 e. The standard InChI is InChI=1S/C16H26ClN3/c1-4-16(5-2)9-10-20(12-16)15-8-7-13(17)14(19-15)11-18-6-3/h7-8,18H,4-6,9-12H2,1-3H3. The van der Waals surface area contributed by atoms with Gasteiger partial charge in [0.25, 0.3) is 0 Å². The van der Waals surface area contributed by atoms with Crippen LogP contribution < -0.4 is 10.2 Å². The van der Waals surface area contributed by atoms with Crippen molar-refractivity contribution in [3.8, 4) is 0 Å². The van der Waals surface area contributed by atoms with Crippen molar-refractivity contribution in [3.63, 3.8) is 0 Å². The number of nitrogens with one attached hydrogen (secondary N) is 1. The number of aromatic nitrogens is 1. The van der Waals surface area contributed by atoms with Crippen molar-refractivity contribution in [1.82, 2.24) is 10.3 Å². The maximum Gasteiger partial charge on any atom is 0.128 e. The molecule has 0 unspecified atom stereocenters. The fourth-order valence-corrected chi connectivity index (χ4v) is 3.15. The van der Waals surface area contributed by atoms with Gasteiger partial charge in [0.2, 0.25) is 0 Å². The highest BCUT2D eigenvalue weighted by molar-refractivity contribution is 6.31. The summed E-state index contributed by atoms with van der Waals surface area (Å²) in [5.41, 5.74) is 1.43. The zero-order chi connectivity index (χ0) is 14.6. The van der Waals surface area contributed by atoms with E-state index in [0.29, 0.717) is 5.41 Å². The van der Waals surface area contributed by atoms with Gasteiger partial charge in [-0.15, -0.1) is 0 Å². The van der Waals surface area contributed by atoms with Gasteiger partial charge in [0.15, 0.2) is 0 Å². The average molecular weight is 296 g/mol. The van der Waals surface area contributed by atoms with Gasteiger partial charge in [-0.3, -0.25) is 0 Å². The molecule has 112 valence electrons. The lowest BCUT2D eigenvalue weighted by Gasteiger charge is -2.27. The Labute approximate surface area is 127 Å². The topological polar surface area (TPSA) is 28.2 Å². The van der Waals surface area contributed by atoms with Crippen LogP contribution in [0.15, 0.2) is 12.1 Å². The Bertz CT molecular complexity index is 443. The Kier molecular flexibility index (Phi) is 5.28. The predicted octanol–water partition coefficient (Wildman–Crippen LogP) is 3.86. The first-order chi connectivity index (χ1) is 9.64. The van der Waals surface area contributed by atoms with Gasteiger partial charge >= 0.3 is 0 Å². The molecule has 1 saturated heterocycles. The summed E-state index contributed by atoms with van der Waals surface area (Å²) in [6.07, 6.45) is 3.77. The van der Waals surface area contributed by atoms with Crippen LogP contribution in [-0.4, -0.2) is 24.6 Å². The van der Waals surface area contributed by atoms with Crippen LogP contribution in [0, 0.1) is 5.41 Å². The van der Waals surface area contributed by atoms with Gasteiger partial charge in [-0.1, -0.05) is 32.4 Å². The normalized spacial score (nSPS) is 17.7. The Balaban J connectivity index is 2.14. The second-order valence-electron chi connectivity index (χ2n) is 5.76. The van der Waals surface area contributed by atoms with Crippen molar-refractivity contribution in [2.75, 3.05) is 24.5 Å². The molecule has 1 aliphatic heterocycles. The van der Waals surface area contributed by atoms with Crippen LogP contribution in [0.25, 0.3) is 0 Å². The van der Waals surface area contributed by atoms with E-state index in [1.807, 2.05) is 6.07 Å². The van der Waals surface area contributed by atoms with Gasteiger partial charge < -0.3 is 10.2 Å². The molecule has 0 spiro atoms. The van der Waals surface area contributed by atoms with Crippen molar-refractivity contribution >= 4 is 17.4 Å². The number of anilines is 1. The van der Waals surface area contributed by atoms with Crippen LogP contribution in [0.1, 0.15) is 45.7 Å². The van der Waals surface area contributed by atoms with Crippen LogP contribution in [0.3, 0.4) is 0 Å². The Hall–Kier alpha value is -0.800. The third kappa shape index (κ3) is 3.26. The van der Waals surface area contributed by atoms with E-state index in [1.165, 1.54) is 19.3 Å². The van der Waals surface area contributed by atoms with E-state index in [0.717, 1.165) is 42.7 Å². The molecule has 0 bridgehead atoms. The van der Waals surface area contributed by atoms with E-state index in [2.05, 4.69) is 37.1 Å². The Morgan fingerprint density at radius 3 is 2.65 bits per heavy atom. The van der Waals surface area contributed by atoms with Crippen molar-refractivity contribution in [3.05, 3.63) is 22.8 Å². The lowest BCUT2D eigenvalue weighted by molar-refractivity contribution is 0.301. The van der Waals surface area contributed by atoms with E-state index in [4.69, 9.17) is 16.6 Å². The first kappa shape index (κ1) is 15.6. The van der Waals surface area contributed by atoms with E-state index in [1.54, 1.807) is 0 Å². The molecule has 0 atom stereocenters. The lowest BCUT2D eigenvalue weighted by atomic mass is 9.82. The molecule has 1 aliphatic rings. The van der Waals surface area contributed by atoms with Crippen molar-refractivity contribution < 1.29 is 0 Å². The van der Waals surface area contributed by atoms with Crippen LogP contribution in [0.5, 0.6) is 0 Å². The zero-order valence-corrected chi connectivity index (χ0v) is 13.6. The number of rotatable bonds is 6. The largest absolute Gasteiger partial charge is 0.356 e. The van der Waals surface area contributed by atoms with Crippen molar-refractivity contribution in [2.24, 2.45) is 5.41 Å². The molecule has 4 heteroatoms. The quantitative estimate of drug-likeness (QED) is 0.864. The monoisotopic (exact) mass is 295 g/mol. The van der Waals surface area contributed by atoms with Gasteiger partial charge in [0.05, 0.1) is 10.7 Å². The van der Waals surface area contributed by atoms with E-state index < -0.39 is 0 Å². The maximum absolute atomic E-state index is 6.23. The van der Waals surface area contributed by atoms with E-state index >= 15 is 0 Å². The summed E-state index contributed by atoms with van der Waals surface area (Å²) in [4.78, 5) is 7.17. The molecule has 0 amide bonds. The molecule has 1 aromatic heterocycles. The maximum atomic E-state index is 6.23. The predicted molar refractivity (Wildman–Crippen MR) is 86.5 cm³/mol. The molecule has 3 nitrogen and oxygen atoms in total. The highest BCUT2D eigenvalue weighted by Gasteiger charge is 2.35. The summed E-state index contributed by atoms with van der Waals surface area (Å²) < 4.78 is 0. The van der Waals surface area contributed by atoms with E-state index in [-0.39, 0.29) is 0 Å². The lowest BCUT2D eigenvalue weighted by Crippen LogP contribution is -2.27. The van der Waals surface area contributed by atoms with Crippen LogP contribution in [0.2, 0.25) is 5.02 Å². The fraction of sp³-hybridized carbons (Fsp3) is 0.688. The zero-order valence-electron chi connectivity index (χ0n) is 12.9. The number of hydrogen-bond acceptors (Lipinski definition) is 3. The number of nitrogens with zero attached hydrogens (tertiary/aromatic N) is 2. The minimum atomic E-state index is 0.475. The first-order valence-electron chi connectivity index (χ1n) is 7.75. The summed E-state index contributed by atoms with van der Waals surface area (Å²) in [5.74, 6) is 1.08. The van der Waals surface area contributed by atoms with Gasteiger partial charge in [-0.2, -0.15) is 0 Å². The summed E-state index contributed by atoms with van der Waals surface area (Å²) >= 11 is 6.23. The average Bonchev–Trinajstić information content (AvgIpc) is 2.91. The molecule has 1 N–H and O–H groups in total. The highest BCUT2D eigenvalue weighted by atomic mass is 35.5. The summed E-state index contributed by atoms with van der Waals surface area (Å²) in [6.45, 7) is 10.6. The third-order valence-corrected chi connectivity index (χ3v) is 5.05. The molecule has 2 heterocycles. The summed E-state index contributed by atoms with van der Waals surface area (Å²) in [7, 11) is 0. The Morgan fingerprint density at radius 2 is 2.05 bits per heavy atom. The minimum Gasteiger partial charge on any atom is -0.356 e. The highest BCUT2D eigenvalue weighted by Crippen LogP contribution is 2.38. The van der Waals surface area contributed by atoms with Crippen LogP contribution in [0.4, 0.5) is 5.82 Å². The molecule has 1 fully saturated rings. The minimum absolute atomic E-state index is 0.475. The Morgan fingerprint density at radius 1 is 1.30 bits per heavy atom. The number of hydrogen-bond donors (Lipinski definition) is 1. The molecule has 0 aliphatic carbocycles. The molecule has 0 saturated carbocycles. The van der Waals surface area contributed by atoms with Gasteiger partial charge in [0, 0.05) is 19.6 Å². The SMILES string of the molecule is CCNCc1nc(N2CCC(CC)(CC)C2)ccc1Cl. The summed E-state index contributed by atoms with van der Waals surface area (Å²) in [6, 6.07) is 4.04. The molecule has 2 rings (SSSR count). The number of halogens is 1. The molecule has 0 radical (unpaired) electrons. The second kappa shape index (κ2) is 6.77. The van der Waals surface area contributed by atoms with E-state index in [9.17, 15) is 0 Å². The molecule has 0 aromatic carbocycles.